The molecule has 2 aromatic carbocycles. The highest BCUT2D eigenvalue weighted by Crippen LogP contribution is 2.42. The molecular weight excluding hydrogens is 614 g/mol. The van der Waals surface area contributed by atoms with Gasteiger partial charge in [-0.05, 0) is 36.4 Å². The Morgan fingerprint density at radius 3 is 2.83 bits per heavy atom. The number of aromatic nitrogens is 2. The number of alkyl halides is 1. The quantitative estimate of drug-likeness (QED) is 0.312. The summed E-state index contributed by atoms with van der Waals surface area (Å²) in [4.78, 5) is 27.8. The average molecular weight is 649 g/mol. The number of anilines is 1. The van der Waals surface area contributed by atoms with Crippen molar-refractivity contribution in [3.63, 3.8) is 0 Å². The molecule has 1 unspecified atom stereocenters. The van der Waals surface area contributed by atoms with Gasteiger partial charge in [0.2, 0.25) is 0 Å². The third kappa shape index (κ3) is 5.57. The van der Waals surface area contributed by atoms with Crippen molar-refractivity contribution in [2.75, 3.05) is 44.2 Å². The van der Waals surface area contributed by atoms with E-state index in [0.717, 1.165) is 47.0 Å². The van der Waals surface area contributed by atoms with E-state index in [4.69, 9.17) is 31.0 Å². The molecule has 3 fully saturated rings. The van der Waals surface area contributed by atoms with Crippen molar-refractivity contribution in [3.05, 3.63) is 70.6 Å². The summed E-state index contributed by atoms with van der Waals surface area (Å²) in [6.45, 7) is 5.74. The van der Waals surface area contributed by atoms with Crippen LogP contribution in [-0.2, 0) is 22.6 Å². The summed E-state index contributed by atoms with van der Waals surface area (Å²) in [5.74, 6) is -1.27. The smallest absolute Gasteiger partial charge is 0.318 e. The van der Waals surface area contributed by atoms with Gasteiger partial charge in [-0.1, -0.05) is 48.5 Å². The molecule has 4 aliphatic heterocycles. The molecule has 46 heavy (non-hydrogen) atoms. The number of carbonyl (C=O) groups is 1. The Kier molecular flexibility index (Phi) is 8.30. The van der Waals surface area contributed by atoms with Crippen LogP contribution in [0.4, 0.5) is 14.6 Å². The molecule has 0 radical (unpaired) electrons. The lowest BCUT2D eigenvalue weighted by molar-refractivity contribution is -0.131. The number of hydrogen-bond acceptors (Lipinski definition) is 8. The Hall–Kier alpha value is -3.85. The van der Waals surface area contributed by atoms with Crippen LogP contribution in [0.5, 0.6) is 6.01 Å². The summed E-state index contributed by atoms with van der Waals surface area (Å²) in [5.41, 5.74) is 2.15. The van der Waals surface area contributed by atoms with Crippen molar-refractivity contribution < 1.29 is 23.0 Å². The zero-order valence-electron chi connectivity index (χ0n) is 25.4. The largest absolute Gasteiger partial charge is 0.461 e. The maximum atomic E-state index is 14.5. The van der Waals surface area contributed by atoms with Crippen LogP contribution >= 0.6 is 11.6 Å². The van der Waals surface area contributed by atoms with E-state index in [0.29, 0.717) is 36.8 Å². The van der Waals surface area contributed by atoms with Crippen LogP contribution in [0.15, 0.2) is 48.8 Å². The summed E-state index contributed by atoms with van der Waals surface area (Å²) < 4.78 is 41.1. The Morgan fingerprint density at radius 2 is 2.02 bits per heavy atom. The van der Waals surface area contributed by atoms with E-state index < -0.39 is 23.9 Å². The van der Waals surface area contributed by atoms with Crippen LogP contribution in [0.25, 0.3) is 10.8 Å². The molecule has 0 N–H and O–H groups in total. The third-order valence-corrected chi connectivity index (χ3v) is 10.2. The first kappa shape index (κ1) is 30.8. The van der Waals surface area contributed by atoms with E-state index in [2.05, 4.69) is 17.5 Å². The minimum absolute atomic E-state index is 0.0231. The van der Waals surface area contributed by atoms with E-state index in [-0.39, 0.29) is 50.4 Å². The van der Waals surface area contributed by atoms with Gasteiger partial charge in [-0.15, -0.1) is 0 Å². The molecule has 1 aromatic heterocycles. The first-order chi connectivity index (χ1) is 22.3. The molecule has 240 valence electrons. The molecule has 0 spiro atoms. The van der Waals surface area contributed by atoms with E-state index in [1.807, 2.05) is 41.3 Å². The molecule has 0 bridgehead atoms. The van der Waals surface area contributed by atoms with Crippen molar-refractivity contribution in [3.8, 4) is 12.1 Å². The second-order valence-electron chi connectivity index (χ2n) is 12.7. The number of rotatable bonds is 7. The maximum Gasteiger partial charge on any atom is 0.318 e. The van der Waals surface area contributed by atoms with E-state index in [1.165, 1.54) is 4.90 Å². The number of amides is 1. The summed E-state index contributed by atoms with van der Waals surface area (Å²) in [5, 5.41) is 12.1. The highest BCUT2D eigenvalue weighted by Gasteiger charge is 2.49. The SMILES string of the molecule is C=C(F)C(=O)N1CCN(c2nc(OC[C@@]34CCCN3C[C@H](F)C4)nc3c2COC(c2cccc4cccc(Cl)c24)C3)C[C@@H]1CC#N. The van der Waals surface area contributed by atoms with Gasteiger partial charge in [0.1, 0.15) is 18.6 Å². The Morgan fingerprint density at radius 1 is 1.20 bits per heavy atom. The van der Waals surface area contributed by atoms with Crippen LogP contribution in [0, 0.1) is 11.3 Å². The minimum Gasteiger partial charge on any atom is -0.461 e. The maximum absolute atomic E-state index is 14.5. The fourth-order valence-corrected chi connectivity index (χ4v) is 8.04. The lowest BCUT2D eigenvalue weighted by Crippen LogP contribution is -2.55. The number of hydrogen-bond donors (Lipinski definition) is 0. The van der Waals surface area contributed by atoms with Gasteiger partial charge >= 0.3 is 6.01 Å². The van der Waals surface area contributed by atoms with Gasteiger partial charge in [-0.2, -0.15) is 15.2 Å². The molecule has 9 nitrogen and oxygen atoms in total. The molecule has 0 aliphatic carbocycles. The topological polar surface area (TPSA) is 94.8 Å². The van der Waals surface area contributed by atoms with Gasteiger partial charge in [-0.25, -0.2) is 8.78 Å². The molecule has 7 rings (SSSR count). The van der Waals surface area contributed by atoms with Crippen LogP contribution in [0.3, 0.4) is 0 Å². The lowest BCUT2D eigenvalue weighted by atomic mass is 9.94. The fourth-order valence-electron chi connectivity index (χ4n) is 7.75. The molecule has 12 heteroatoms. The first-order valence-electron chi connectivity index (χ1n) is 15.7. The van der Waals surface area contributed by atoms with Crippen molar-refractivity contribution >= 4 is 34.1 Å². The summed E-state index contributed by atoms with van der Waals surface area (Å²) in [7, 11) is 0. The zero-order valence-corrected chi connectivity index (χ0v) is 26.2. The van der Waals surface area contributed by atoms with Gasteiger partial charge in [-0.3, -0.25) is 9.69 Å². The first-order valence-corrected chi connectivity index (χ1v) is 16.1. The zero-order chi connectivity index (χ0) is 32.0. The molecule has 1 amide bonds. The molecule has 0 saturated carbocycles. The highest BCUT2D eigenvalue weighted by atomic mass is 35.5. The predicted molar refractivity (Wildman–Crippen MR) is 169 cm³/mol. The van der Waals surface area contributed by atoms with Gasteiger partial charge < -0.3 is 19.3 Å². The molecule has 3 aromatic rings. The number of halogens is 3. The molecular formula is C34H35ClF2N6O3. The Labute approximate surface area is 271 Å². The van der Waals surface area contributed by atoms with Crippen molar-refractivity contribution in [1.82, 2.24) is 19.8 Å². The Bertz CT molecular complexity index is 1730. The van der Waals surface area contributed by atoms with Crippen molar-refractivity contribution in [2.24, 2.45) is 0 Å². The van der Waals surface area contributed by atoms with E-state index in [9.17, 15) is 18.8 Å². The normalized spacial score (nSPS) is 26.1. The highest BCUT2D eigenvalue weighted by molar-refractivity contribution is 6.35. The number of nitrogens with zero attached hydrogens (tertiary/aromatic N) is 6. The second kappa shape index (κ2) is 12.4. The van der Waals surface area contributed by atoms with Crippen LogP contribution in [-0.4, -0.2) is 82.8 Å². The van der Waals surface area contributed by atoms with Crippen molar-refractivity contribution in [2.45, 2.75) is 62.6 Å². The number of fused-ring (bicyclic) bond motifs is 3. The monoisotopic (exact) mass is 648 g/mol. The van der Waals surface area contributed by atoms with Crippen LogP contribution in [0.2, 0.25) is 5.02 Å². The van der Waals surface area contributed by atoms with Crippen LogP contribution < -0.4 is 9.64 Å². The number of benzene rings is 2. The number of ether oxygens (including phenoxy) is 2. The Balaban J connectivity index is 1.23. The van der Waals surface area contributed by atoms with Gasteiger partial charge in [0, 0.05) is 55.0 Å². The predicted octanol–water partition coefficient (Wildman–Crippen LogP) is 5.47. The molecule has 3 saturated heterocycles. The summed E-state index contributed by atoms with van der Waals surface area (Å²) >= 11 is 6.67. The number of carbonyl (C=O) groups excluding carboxylic acids is 1. The summed E-state index contributed by atoms with van der Waals surface area (Å²) in [6.07, 6.45) is 1.53. The van der Waals surface area contributed by atoms with Crippen molar-refractivity contribution in [1.29, 1.82) is 5.26 Å². The third-order valence-electron chi connectivity index (χ3n) is 9.92. The molecule has 4 aliphatic rings. The number of nitriles is 1. The van der Waals surface area contributed by atoms with Crippen LogP contribution in [0.1, 0.15) is 48.6 Å². The molecule has 5 heterocycles. The second-order valence-corrected chi connectivity index (χ2v) is 13.1. The minimum atomic E-state index is -1.05. The summed E-state index contributed by atoms with van der Waals surface area (Å²) in [6, 6.07) is 13.6. The van der Waals surface area contributed by atoms with Gasteiger partial charge in [0.05, 0.1) is 42.5 Å². The number of piperazine rings is 1. The molecule has 4 atom stereocenters. The lowest BCUT2D eigenvalue weighted by Gasteiger charge is -2.42. The van der Waals surface area contributed by atoms with Gasteiger partial charge in [0.15, 0.2) is 5.83 Å². The van der Waals surface area contributed by atoms with E-state index in [1.54, 1.807) is 0 Å². The fraction of sp³-hybridized carbons (Fsp3) is 0.471. The standard InChI is InChI=1S/C34H35ClF2N6O3/c1-21(36)32(44)43-14-13-41(18-24(43)9-11-38)31-26-19-45-29(25-7-2-5-22-6-3-8-27(35)30(22)25)15-28(26)39-33(40-31)46-20-34-10-4-12-42(34)17-23(37)16-34/h2-3,5-8,23-24,29H,1,4,9-10,12-20H2/t23-,24+,29?,34+/m1/s1. The van der Waals surface area contributed by atoms with E-state index >= 15 is 0 Å². The van der Waals surface area contributed by atoms with Gasteiger partial charge in [0.25, 0.3) is 5.91 Å². The average Bonchev–Trinajstić information content (AvgIpc) is 3.58.